The van der Waals surface area contributed by atoms with E-state index in [1.54, 1.807) is 35.7 Å². The van der Waals surface area contributed by atoms with Gasteiger partial charge in [0.05, 0.1) is 23.6 Å². The standard InChI is InChI=1S/C28H31N5O3S/c1-20-7-6-8-22(19-20)29-28-25-9-4-5-10-26(25)30-27(31-28)21(2)32-15-17-33(18-16-32)37(34,35)24-13-11-23(36-3)12-14-24/h4-14,19,21H,15-18H2,1-3H3,(H,29,30,31)/t21-/m0/s1. The first-order valence-electron chi connectivity index (χ1n) is 12.3. The van der Waals surface area contributed by atoms with Crippen LogP contribution in [0.2, 0.25) is 0 Å². The Morgan fingerprint density at radius 3 is 2.35 bits per heavy atom. The fourth-order valence-corrected chi connectivity index (χ4v) is 6.05. The van der Waals surface area contributed by atoms with Crippen LogP contribution >= 0.6 is 0 Å². The second kappa shape index (κ2) is 10.5. The Morgan fingerprint density at radius 2 is 1.65 bits per heavy atom. The van der Waals surface area contributed by atoms with Crippen LogP contribution in [0.1, 0.15) is 24.4 Å². The van der Waals surface area contributed by atoms with Gasteiger partial charge in [0, 0.05) is 37.3 Å². The van der Waals surface area contributed by atoms with E-state index in [1.165, 1.54) is 5.56 Å². The minimum atomic E-state index is -3.56. The SMILES string of the molecule is COc1ccc(S(=O)(=O)N2CCN([C@@H](C)c3nc(Nc4cccc(C)c4)c4ccccc4n3)CC2)cc1. The molecule has 1 atom stereocenters. The molecule has 2 heterocycles. The number of fused-ring (bicyclic) bond motifs is 1. The molecule has 4 aromatic rings. The lowest BCUT2D eigenvalue weighted by atomic mass is 10.1. The number of piperazine rings is 1. The molecule has 8 nitrogen and oxygen atoms in total. The number of para-hydroxylation sites is 1. The van der Waals surface area contributed by atoms with E-state index in [-0.39, 0.29) is 10.9 Å². The zero-order chi connectivity index (χ0) is 26.0. The summed E-state index contributed by atoms with van der Waals surface area (Å²) >= 11 is 0. The number of benzene rings is 3. The van der Waals surface area contributed by atoms with Crippen molar-refractivity contribution in [3.8, 4) is 5.75 Å². The second-order valence-electron chi connectivity index (χ2n) is 9.23. The van der Waals surface area contributed by atoms with Gasteiger partial charge in [0.25, 0.3) is 0 Å². The predicted octanol–water partition coefficient (Wildman–Crippen LogP) is 4.76. The third-order valence-corrected chi connectivity index (χ3v) is 8.71. The normalized spacial score (nSPS) is 16.0. The number of ether oxygens (including phenoxy) is 1. The summed E-state index contributed by atoms with van der Waals surface area (Å²) in [6.45, 7) is 6.13. The molecule has 3 aromatic carbocycles. The number of methoxy groups -OCH3 is 1. The maximum Gasteiger partial charge on any atom is 0.243 e. The van der Waals surface area contributed by atoms with Crippen molar-refractivity contribution in [2.75, 3.05) is 38.6 Å². The van der Waals surface area contributed by atoms with Crippen molar-refractivity contribution >= 4 is 32.4 Å². The van der Waals surface area contributed by atoms with Gasteiger partial charge >= 0.3 is 0 Å². The van der Waals surface area contributed by atoms with Crippen molar-refractivity contribution in [3.63, 3.8) is 0 Å². The fourth-order valence-electron chi connectivity index (χ4n) is 4.63. The van der Waals surface area contributed by atoms with E-state index in [9.17, 15) is 8.42 Å². The third kappa shape index (κ3) is 5.29. The lowest BCUT2D eigenvalue weighted by Gasteiger charge is -2.36. The third-order valence-electron chi connectivity index (χ3n) is 6.79. The molecule has 1 N–H and O–H groups in total. The van der Waals surface area contributed by atoms with Gasteiger partial charge in [-0.25, -0.2) is 18.4 Å². The topological polar surface area (TPSA) is 87.7 Å². The summed E-state index contributed by atoms with van der Waals surface area (Å²) in [6.07, 6.45) is 0. The second-order valence-corrected chi connectivity index (χ2v) is 11.2. The van der Waals surface area contributed by atoms with Crippen LogP contribution in [-0.4, -0.2) is 60.9 Å². The number of anilines is 2. The Balaban J connectivity index is 1.34. The van der Waals surface area contributed by atoms with Crippen LogP contribution in [0.4, 0.5) is 11.5 Å². The number of nitrogens with zero attached hydrogens (tertiary/aromatic N) is 4. The highest BCUT2D eigenvalue weighted by molar-refractivity contribution is 7.89. The van der Waals surface area contributed by atoms with Crippen molar-refractivity contribution in [2.45, 2.75) is 24.8 Å². The van der Waals surface area contributed by atoms with Gasteiger partial charge in [0.2, 0.25) is 10.0 Å². The highest BCUT2D eigenvalue weighted by atomic mass is 32.2. The lowest BCUT2D eigenvalue weighted by molar-refractivity contribution is 0.141. The lowest BCUT2D eigenvalue weighted by Crippen LogP contribution is -2.49. The maximum absolute atomic E-state index is 13.2. The van der Waals surface area contributed by atoms with Gasteiger partial charge < -0.3 is 10.1 Å². The molecule has 0 radical (unpaired) electrons. The van der Waals surface area contributed by atoms with Gasteiger partial charge in [-0.3, -0.25) is 4.90 Å². The molecule has 0 spiro atoms. The summed E-state index contributed by atoms with van der Waals surface area (Å²) in [5.74, 6) is 2.10. The molecule has 1 aliphatic rings. The number of hydrogen-bond acceptors (Lipinski definition) is 7. The molecular weight excluding hydrogens is 486 g/mol. The zero-order valence-electron chi connectivity index (χ0n) is 21.3. The van der Waals surface area contributed by atoms with Gasteiger partial charge in [-0.05, 0) is 67.9 Å². The summed E-state index contributed by atoms with van der Waals surface area (Å²) < 4.78 is 33.0. The van der Waals surface area contributed by atoms with Crippen LogP contribution in [0.25, 0.3) is 10.9 Å². The quantitative estimate of drug-likeness (QED) is 0.378. The van der Waals surface area contributed by atoms with Gasteiger partial charge in [-0.1, -0.05) is 24.3 Å². The average Bonchev–Trinajstić information content (AvgIpc) is 2.92. The first-order chi connectivity index (χ1) is 17.8. The highest BCUT2D eigenvalue weighted by Crippen LogP contribution is 2.29. The maximum atomic E-state index is 13.2. The van der Waals surface area contributed by atoms with Crippen molar-refractivity contribution in [3.05, 3.63) is 84.2 Å². The number of hydrogen-bond donors (Lipinski definition) is 1. The summed E-state index contributed by atoms with van der Waals surface area (Å²) in [5.41, 5.74) is 3.01. The molecule has 1 saturated heterocycles. The van der Waals surface area contributed by atoms with Crippen LogP contribution in [0.3, 0.4) is 0 Å². The van der Waals surface area contributed by atoms with Gasteiger partial charge in [0.1, 0.15) is 17.4 Å². The van der Waals surface area contributed by atoms with E-state index in [2.05, 4.69) is 36.2 Å². The van der Waals surface area contributed by atoms with Gasteiger partial charge in [-0.2, -0.15) is 4.31 Å². The molecule has 0 aliphatic carbocycles. The fraction of sp³-hybridized carbons (Fsp3) is 0.286. The molecule has 9 heteroatoms. The molecule has 1 aromatic heterocycles. The smallest absolute Gasteiger partial charge is 0.243 e. The molecule has 5 rings (SSSR count). The van der Waals surface area contributed by atoms with Crippen LogP contribution in [0, 0.1) is 6.92 Å². The molecule has 37 heavy (non-hydrogen) atoms. The Hall–Kier alpha value is -3.53. The van der Waals surface area contributed by atoms with Crippen LogP contribution in [0.15, 0.2) is 77.7 Å². The van der Waals surface area contributed by atoms with Crippen molar-refractivity contribution in [1.29, 1.82) is 0 Å². The number of rotatable bonds is 7. The highest BCUT2D eigenvalue weighted by Gasteiger charge is 2.31. The Labute approximate surface area is 218 Å². The summed E-state index contributed by atoms with van der Waals surface area (Å²) in [6, 6.07) is 22.6. The molecule has 0 amide bonds. The van der Waals surface area contributed by atoms with Crippen LogP contribution < -0.4 is 10.1 Å². The van der Waals surface area contributed by atoms with Gasteiger partial charge in [0.15, 0.2) is 0 Å². The van der Waals surface area contributed by atoms with Crippen molar-refractivity contribution in [1.82, 2.24) is 19.2 Å². The molecule has 1 aliphatic heterocycles. The minimum Gasteiger partial charge on any atom is -0.497 e. The average molecular weight is 518 g/mol. The molecule has 0 saturated carbocycles. The minimum absolute atomic E-state index is 0.0755. The van der Waals surface area contributed by atoms with E-state index in [0.717, 1.165) is 22.4 Å². The first kappa shape index (κ1) is 25.1. The molecule has 1 fully saturated rings. The molecule has 0 unspecified atom stereocenters. The van der Waals surface area contributed by atoms with Crippen molar-refractivity contribution in [2.24, 2.45) is 0 Å². The Morgan fingerprint density at radius 1 is 0.919 bits per heavy atom. The first-order valence-corrected chi connectivity index (χ1v) is 13.8. The number of aryl methyl sites for hydroxylation is 1. The van der Waals surface area contributed by atoms with Gasteiger partial charge in [-0.15, -0.1) is 0 Å². The molecule has 192 valence electrons. The Bertz CT molecular complexity index is 1500. The number of aromatic nitrogens is 2. The molecular formula is C28H31N5O3S. The Kier molecular flexibility index (Phi) is 7.10. The van der Waals surface area contributed by atoms with Crippen LogP contribution in [0.5, 0.6) is 5.75 Å². The predicted molar refractivity (Wildman–Crippen MR) is 146 cm³/mol. The summed E-state index contributed by atoms with van der Waals surface area (Å²) in [5, 5.41) is 4.43. The van der Waals surface area contributed by atoms with E-state index in [1.807, 2.05) is 36.4 Å². The molecule has 0 bridgehead atoms. The number of sulfonamides is 1. The van der Waals surface area contributed by atoms with Crippen LogP contribution in [-0.2, 0) is 10.0 Å². The van der Waals surface area contributed by atoms with E-state index in [4.69, 9.17) is 14.7 Å². The van der Waals surface area contributed by atoms with Crippen molar-refractivity contribution < 1.29 is 13.2 Å². The van der Waals surface area contributed by atoms with E-state index < -0.39 is 10.0 Å². The number of nitrogens with one attached hydrogen (secondary N) is 1. The summed E-state index contributed by atoms with van der Waals surface area (Å²) in [4.78, 5) is 12.3. The van der Waals surface area contributed by atoms with E-state index in [0.29, 0.717) is 37.8 Å². The zero-order valence-corrected chi connectivity index (χ0v) is 22.1. The monoisotopic (exact) mass is 517 g/mol. The summed E-state index contributed by atoms with van der Waals surface area (Å²) in [7, 11) is -2.00. The van der Waals surface area contributed by atoms with E-state index >= 15 is 0 Å². The largest absolute Gasteiger partial charge is 0.497 e.